The minimum absolute atomic E-state index is 0.122. The van der Waals surface area contributed by atoms with E-state index < -0.39 is 4.92 Å². The van der Waals surface area contributed by atoms with Gasteiger partial charge < -0.3 is 16.0 Å². The molecule has 1 amide bonds. The lowest BCUT2D eigenvalue weighted by Crippen LogP contribution is -2.36. The average molecular weight is 253 g/mol. The van der Waals surface area contributed by atoms with Crippen LogP contribution in [0.3, 0.4) is 0 Å². The van der Waals surface area contributed by atoms with Crippen molar-refractivity contribution >= 4 is 23.2 Å². The Labute approximate surface area is 104 Å². The van der Waals surface area contributed by atoms with Crippen LogP contribution in [-0.2, 0) is 4.79 Å². The third-order valence-electron chi connectivity index (χ3n) is 2.40. The van der Waals surface area contributed by atoms with Gasteiger partial charge in [0.25, 0.3) is 0 Å². The predicted octanol–water partition coefficient (Wildman–Crippen LogP) is 0.144. The highest BCUT2D eigenvalue weighted by Gasteiger charge is 2.16. The third kappa shape index (κ3) is 3.06. The highest BCUT2D eigenvalue weighted by molar-refractivity contribution is 5.80. The lowest BCUT2D eigenvalue weighted by Gasteiger charge is -2.20. The molecule has 0 atom stereocenters. The number of pyridine rings is 1. The van der Waals surface area contributed by atoms with Gasteiger partial charge in [-0.1, -0.05) is 0 Å². The number of nitrogens with two attached hydrogens (primary N) is 1. The van der Waals surface area contributed by atoms with Crippen LogP contribution in [0.4, 0.5) is 17.3 Å². The molecule has 0 aliphatic rings. The Balaban J connectivity index is 2.97. The molecule has 0 saturated carbocycles. The summed E-state index contributed by atoms with van der Waals surface area (Å²) in [5, 5.41) is 13.1. The Kier molecular flexibility index (Phi) is 4.41. The highest BCUT2D eigenvalue weighted by atomic mass is 16.6. The fourth-order valence-electron chi connectivity index (χ4n) is 1.39. The van der Waals surface area contributed by atoms with Gasteiger partial charge in [0.2, 0.25) is 11.7 Å². The molecule has 18 heavy (non-hydrogen) atoms. The number of carbonyl (C=O) groups is 1. The number of nitro groups is 1. The largest absolute Gasteiger partial charge is 0.378 e. The van der Waals surface area contributed by atoms with Gasteiger partial charge in [-0.05, 0) is 13.0 Å². The molecule has 0 aliphatic carbocycles. The molecule has 0 spiro atoms. The summed E-state index contributed by atoms with van der Waals surface area (Å²) < 4.78 is 0. The van der Waals surface area contributed by atoms with Crippen molar-refractivity contribution in [2.75, 3.05) is 30.8 Å². The number of nitrogens with zero attached hydrogens (tertiary/aromatic N) is 3. The Bertz CT molecular complexity index is 463. The van der Waals surface area contributed by atoms with Crippen molar-refractivity contribution < 1.29 is 9.72 Å². The first kappa shape index (κ1) is 13.7. The Morgan fingerprint density at radius 3 is 2.72 bits per heavy atom. The van der Waals surface area contributed by atoms with Crippen molar-refractivity contribution in [2.45, 2.75) is 6.92 Å². The fraction of sp³-hybridized carbons (Fsp3) is 0.400. The van der Waals surface area contributed by atoms with Crippen molar-refractivity contribution in [1.82, 2.24) is 10.3 Å². The smallest absolute Gasteiger partial charge is 0.311 e. The SMILES string of the molecule is CCN(CC(=O)NC)c1ccc([N+](=O)[O-])c(N)n1. The van der Waals surface area contributed by atoms with Gasteiger partial charge >= 0.3 is 5.69 Å². The number of nitrogen functional groups attached to an aromatic ring is 1. The molecule has 98 valence electrons. The van der Waals surface area contributed by atoms with Gasteiger partial charge in [0.1, 0.15) is 5.82 Å². The summed E-state index contributed by atoms with van der Waals surface area (Å²) in [6.45, 7) is 2.51. The van der Waals surface area contributed by atoms with Crippen molar-refractivity contribution in [1.29, 1.82) is 0 Å². The first-order valence-electron chi connectivity index (χ1n) is 5.36. The molecule has 0 unspecified atom stereocenters. The van der Waals surface area contributed by atoms with Gasteiger partial charge in [-0.25, -0.2) is 4.98 Å². The number of hydrogen-bond donors (Lipinski definition) is 2. The number of nitrogens with one attached hydrogen (secondary N) is 1. The van der Waals surface area contributed by atoms with Gasteiger partial charge in [-0.2, -0.15) is 0 Å². The topological polar surface area (TPSA) is 114 Å². The Morgan fingerprint density at radius 1 is 1.61 bits per heavy atom. The summed E-state index contributed by atoms with van der Waals surface area (Å²) in [6.07, 6.45) is 0. The van der Waals surface area contributed by atoms with E-state index in [0.717, 1.165) is 0 Å². The van der Waals surface area contributed by atoms with Gasteiger partial charge in [-0.3, -0.25) is 14.9 Å². The van der Waals surface area contributed by atoms with E-state index in [1.165, 1.54) is 19.2 Å². The standard InChI is InChI=1S/C10H15N5O3/c1-3-14(6-9(16)12-2)8-5-4-7(15(17)18)10(11)13-8/h4-5H,3,6H2,1-2H3,(H2,11,13)(H,12,16). The van der Waals surface area contributed by atoms with Crippen LogP contribution in [0.5, 0.6) is 0 Å². The van der Waals surface area contributed by atoms with Crippen LogP contribution >= 0.6 is 0 Å². The number of carbonyl (C=O) groups excluding carboxylic acids is 1. The lowest BCUT2D eigenvalue weighted by molar-refractivity contribution is -0.384. The summed E-state index contributed by atoms with van der Waals surface area (Å²) in [5.74, 6) is 0.104. The summed E-state index contributed by atoms with van der Waals surface area (Å²) in [5.41, 5.74) is 5.26. The molecule has 1 rings (SSSR count). The molecule has 8 heteroatoms. The number of rotatable bonds is 5. The molecule has 0 aromatic carbocycles. The van der Waals surface area contributed by atoms with Crippen LogP contribution in [0.15, 0.2) is 12.1 Å². The normalized spacial score (nSPS) is 9.89. The second kappa shape index (κ2) is 5.80. The summed E-state index contributed by atoms with van der Waals surface area (Å²) in [7, 11) is 1.54. The second-order valence-electron chi connectivity index (χ2n) is 3.52. The summed E-state index contributed by atoms with van der Waals surface area (Å²) in [6, 6.07) is 2.76. The number of aromatic nitrogens is 1. The number of hydrogen-bond acceptors (Lipinski definition) is 6. The van der Waals surface area contributed by atoms with Crippen LogP contribution in [0.25, 0.3) is 0 Å². The van der Waals surface area contributed by atoms with Crippen LogP contribution in [0, 0.1) is 10.1 Å². The molecule has 0 radical (unpaired) electrons. The first-order chi connectivity index (χ1) is 8.49. The maximum atomic E-state index is 11.3. The Hall–Kier alpha value is -2.38. The van der Waals surface area contributed by atoms with Crippen LogP contribution in [0.2, 0.25) is 0 Å². The van der Waals surface area contributed by atoms with Crippen LogP contribution in [-0.4, -0.2) is 36.0 Å². The van der Waals surface area contributed by atoms with E-state index in [1.54, 1.807) is 4.90 Å². The summed E-state index contributed by atoms with van der Waals surface area (Å²) in [4.78, 5) is 26.9. The van der Waals surface area contributed by atoms with E-state index in [1.807, 2.05) is 6.92 Å². The molecule has 8 nitrogen and oxygen atoms in total. The van der Waals surface area contributed by atoms with E-state index in [0.29, 0.717) is 12.4 Å². The van der Waals surface area contributed by atoms with Gasteiger partial charge in [-0.15, -0.1) is 0 Å². The molecule has 1 aromatic rings. The van der Waals surface area contributed by atoms with E-state index in [2.05, 4.69) is 10.3 Å². The monoisotopic (exact) mass is 253 g/mol. The zero-order chi connectivity index (χ0) is 13.7. The molecule has 0 fully saturated rings. The zero-order valence-corrected chi connectivity index (χ0v) is 10.2. The minimum Gasteiger partial charge on any atom is -0.378 e. The quantitative estimate of drug-likeness (QED) is 0.570. The average Bonchev–Trinajstić information content (AvgIpc) is 2.34. The van der Waals surface area contributed by atoms with Gasteiger partial charge in [0.05, 0.1) is 11.5 Å². The second-order valence-corrected chi connectivity index (χ2v) is 3.52. The molecule has 1 aromatic heterocycles. The molecule has 0 aliphatic heterocycles. The Morgan fingerprint density at radius 2 is 2.28 bits per heavy atom. The predicted molar refractivity (Wildman–Crippen MR) is 67.3 cm³/mol. The van der Waals surface area contributed by atoms with Crippen molar-refractivity contribution in [3.8, 4) is 0 Å². The van der Waals surface area contributed by atoms with Crippen LogP contribution in [0.1, 0.15) is 6.92 Å². The van der Waals surface area contributed by atoms with Crippen molar-refractivity contribution in [3.05, 3.63) is 22.2 Å². The fourth-order valence-corrected chi connectivity index (χ4v) is 1.39. The maximum absolute atomic E-state index is 11.3. The van der Waals surface area contributed by atoms with Gasteiger partial charge in [0.15, 0.2) is 0 Å². The molecule has 0 saturated heterocycles. The number of anilines is 2. The molecule has 0 bridgehead atoms. The molecular formula is C10H15N5O3. The zero-order valence-electron chi connectivity index (χ0n) is 10.2. The van der Waals surface area contributed by atoms with E-state index in [4.69, 9.17) is 5.73 Å². The highest BCUT2D eigenvalue weighted by Crippen LogP contribution is 2.22. The molecule has 1 heterocycles. The molecular weight excluding hydrogens is 238 g/mol. The number of likely N-dealkylation sites (N-methyl/N-ethyl adjacent to an activating group) is 2. The summed E-state index contributed by atoms with van der Waals surface area (Å²) >= 11 is 0. The first-order valence-corrected chi connectivity index (χ1v) is 5.36. The van der Waals surface area contributed by atoms with E-state index >= 15 is 0 Å². The minimum atomic E-state index is -0.596. The van der Waals surface area contributed by atoms with Crippen molar-refractivity contribution in [3.63, 3.8) is 0 Å². The van der Waals surface area contributed by atoms with Crippen molar-refractivity contribution in [2.24, 2.45) is 0 Å². The molecule has 3 N–H and O–H groups in total. The third-order valence-corrected chi connectivity index (χ3v) is 2.40. The van der Waals surface area contributed by atoms with Gasteiger partial charge in [0, 0.05) is 19.7 Å². The van der Waals surface area contributed by atoms with E-state index in [9.17, 15) is 14.9 Å². The maximum Gasteiger partial charge on any atom is 0.311 e. The van der Waals surface area contributed by atoms with Crippen LogP contribution < -0.4 is 16.0 Å². The lowest BCUT2D eigenvalue weighted by atomic mass is 10.3. The number of amides is 1. The van der Waals surface area contributed by atoms with E-state index in [-0.39, 0.29) is 24.0 Å².